The molecule has 0 aliphatic rings. The predicted octanol–water partition coefficient (Wildman–Crippen LogP) is 2.57. The molecule has 0 radical (unpaired) electrons. The molecule has 0 amide bonds. The molecule has 2 heterocycles. The van der Waals surface area contributed by atoms with E-state index in [-0.39, 0.29) is 11.3 Å². The maximum atomic E-state index is 13.3. The summed E-state index contributed by atoms with van der Waals surface area (Å²) in [4.78, 5) is 24.1. The molecule has 0 atom stereocenters. The van der Waals surface area contributed by atoms with Crippen LogP contribution in [-0.4, -0.2) is 29.9 Å². The van der Waals surface area contributed by atoms with E-state index in [1.165, 1.54) is 6.07 Å². The van der Waals surface area contributed by atoms with Crippen LogP contribution in [0.15, 0.2) is 41.5 Å². The van der Waals surface area contributed by atoms with Crippen molar-refractivity contribution in [3.63, 3.8) is 0 Å². The molecule has 0 unspecified atom stereocenters. The van der Waals surface area contributed by atoms with Gasteiger partial charge in [-0.05, 0) is 12.1 Å². The fourth-order valence-corrected chi connectivity index (χ4v) is 2.49. The molecule has 140 valence electrons. The van der Waals surface area contributed by atoms with E-state index in [1.807, 2.05) is 4.98 Å². The van der Waals surface area contributed by atoms with Crippen molar-refractivity contribution in [1.29, 1.82) is 0 Å². The van der Waals surface area contributed by atoms with Crippen molar-refractivity contribution in [3.8, 4) is 28.4 Å². The van der Waals surface area contributed by atoms with Crippen molar-refractivity contribution in [2.75, 3.05) is 0 Å². The van der Waals surface area contributed by atoms with Crippen LogP contribution in [0.1, 0.15) is 5.69 Å². The molecule has 3 aromatic rings. The van der Waals surface area contributed by atoms with Crippen LogP contribution in [0.25, 0.3) is 16.9 Å². The van der Waals surface area contributed by atoms with Gasteiger partial charge in [-0.1, -0.05) is 0 Å². The van der Waals surface area contributed by atoms with E-state index < -0.39 is 45.1 Å². The summed E-state index contributed by atoms with van der Waals surface area (Å²) >= 11 is 0. The predicted molar refractivity (Wildman–Crippen MR) is 84.6 cm³/mol. The molecule has 12 heteroatoms. The number of phenolic OH excluding ortho intramolecular Hbond substituents is 2. The number of pyridine rings is 1. The Labute approximate surface area is 147 Å². The number of benzene rings is 1. The minimum atomic E-state index is -4.90. The Balaban J connectivity index is 2.30. The van der Waals surface area contributed by atoms with Crippen LogP contribution in [0.3, 0.4) is 0 Å². The number of aromatic nitrogens is 3. The Kier molecular flexibility index (Phi) is 4.10. The number of nitro groups is 1. The zero-order chi connectivity index (χ0) is 19.9. The lowest BCUT2D eigenvalue weighted by Gasteiger charge is -2.14. The summed E-state index contributed by atoms with van der Waals surface area (Å²) in [6.07, 6.45) is -2.99. The number of nitrogens with zero attached hydrogens (tertiary/aromatic N) is 3. The molecule has 0 aliphatic carbocycles. The third-order valence-corrected chi connectivity index (χ3v) is 3.63. The second kappa shape index (κ2) is 6.16. The molecular weight excluding hydrogens is 373 g/mol. The third kappa shape index (κ3) is 3.07. The van der Waals surface area contributed by atoms with Crippen molar-refractivity contribution in [3.05, 3.63) is 62.7 Å². The summed E-state index contributed by atoms with van der Waals surface area (Å²) in [6.45, 7) is 0. The van der Waals surface area contributed by atoms with Gasteiger partial charge in [0.1, 0.15) is 5.69 Å². The van der Waals surface area contributed by atoms with Gasteiger partial charge in [0.2, 0.25) is 11.2 Å². The second-order valence-corrected chi connectivity index (χ2v) is 5.31. The van der Waals surface area contributed by atoms with Gasteiger partial charge in [-0.25, -0.2) is 4.68 Å². The van der Waals surface area contributed by atoms with Gasteiger partial charge in [-0.2, -0.15) is 18.3 Å². The number of nitro benzene ring substituents is 1. The van der Waals surface area contributed by atoms with E-state index in [2.05, 4.69) is 5.10 Å². The zero-order valence-corrected chi connectivity index (χ0v) is 13.1. The molecule has 0 bridgehead atoms. The molecule has 27 heavy (non-hydrogen) atoms. The maximum Gasteiger partial charge on any atom is 0.433 e. The first-order valence-electron chi connectivity index (χ1n) is 7.15. The number of alkyl halides is 3. The van der Waals surface area contributed by atoms with Crippen molar-refractivity contribution in [2.45, 2.75) is 6.18 Å². The first kappa shape index (κ1) is 18.0. The number of rotatable bonds is 3. The van der Waals surface area contributed by atoms with Crippen LogP contribution in [0.5, 0.6) is 11.5 Å². The highest BCUT2D eigenvalue weighted by Crippen LogP contribution is 2.40. The average molecular weight is 382 g/mol. The van der Waals surface area contributed by atoms with Gasteiger partial charge in [-0.3, -0.25) is 14.9 Å². The van der Waals surface area contributed by atoms with Crippen LogP contribution in [0.4, 0.5) is 18.9 Å². The number of aromatic amines is 1. The van der Waals surface area contributed by atoms with Crippen LogP contribution in [0.2, 0.25) is 0 Å². The van der Waals surface area contributed by atoms with Crippen LogP contribution in [0, 0.1) is 10.1 Å². The van der Waals surface area contributed by atoms with Crippen molar-refractivity contribution in [1.82, 2.24) is 14.8 Å². The maximum absolute atomic E-state index is 13.3. The third-order valence-electron chi connectivity index (χ3n) is 3.63. The van der Waals surface area contributed by atoms with E-state index in [0.29, 0.717) is 4.68 Å². The topological polar surface area (TPSA) is 134 Å². The molecular formula is C15H9F3N4O5. The van der Waals surface area contributed by atoms with E-state index in [4.69, 9.17) is 0 Å². The van der Waals surface area contributed by atoms with Gasteiger partial charge in [0.05, 0.1) is 16.8 Å². The Hall–Kier alpha value is -3.83. The normalized spacial score (nSPS) is 11.5. The quantitative estimate of drug-likeness (QED) is 0.362. The van der Waals surface area contributed by atoms with Gasteiger partial charge in [-0.15, -0.1) is 0 Å². The number of nitrogens with one attached hydrogen (secondary N) is 1. The second-order valence-electron chi connectivity index (χ2n) is 5.31. The largest absolute Gasteiger partial charge is 0.504 e. The number of hydrogen-bond donors (Lipinski definition) is 3. The van der Waals surface area contributed by atoms with Crippen molar-refractivity contribution in [2.24, 2.45) is 0 Å². The lowest BCUT2D eigenvalue weighted by molar-refractivity contribution is -0.385. The molecule has 0 aliphatic heterocycles. The van der Waals surface area contributed by atoms with Crippen LogP contribution < -0.4 is 5.43 Å². The van der Waals surface area contributed by atoms with E-state index in [9.17, 15) is 38.3 Å². The number of hydrogen-bond acceptors (Lipinski definition) is 6. The summed E-state index contributed by atoms with van der Waals surface area (Å²) in [5.74, 6) is -1.85. The molecule has 0 fully saturated rings. The van der Waals surface area contributed by atoms with Gasteiger partial charge < -0.3 is 15.2 Å². The van der Waals surface area contributed by atoms with Crippen molar-refractivity contribution >= 4 is 5.69 Å². The number of phenols is 2. The summed E-state index contributed by atoms with van der Waals surface area (Å²) < 4.78 is 40.5. The first-order valence-corrected chi connectivity index (χ1v) is 7.15. The zero-order valence-electron chi connectivity index (χ0n) is 13.1. The number of aromatic hydroxyl groups is 2. The average Bonchev–Trinajstić information content (AvgIpc) is 3.05. The lowest BCUT2D eigenvalue weighted by atomic mass is 10.1. The van der Waals surface area contributed by atoms with E-state index in [0.717, 1.165) is 30.6 Å². The van der Waals surface area contributed by atoms with Crippen molar-refractivity contribution < 1.29 is 28.3 Å². The summed E-state index contributed by atoms with van der Waals surface area (Å²) in [7, 11) is 0. The minimum Gasteiger partial charge on any atom is -0.504 e. The Morgan fingerprint density at radius 2 is 1.93 bits per heavy atom. The molecule has 3 rings (SSSR count). The van der Waals surface area contributed by atoms with E-state index >= 15 is 0 Å². The highest BCUT2D eigenvalue weighted by atomic mass is 19.4. The molecule has 0 saturated carbocycles. The smallest absolute Gasteiger partial charge is 0.433 e. The Morgan fingerprint density at radius 3 is 2.56 bits per heavy atom. The SMILES string of the molecule is O=c1cc[nH]c(C(F)(F)F)c1-n1nccc1-c1cc(O)c(O)c([N+](=O)[O-])c1. The molecule has 2 aromatic heterocycles. The minimum absolute atomic E-state index is 0.133. The molecule has 9 nitrogen and oxygen atoms in total. The molecule has 0 saturated heterocycles. The summed E-state index contributed by atoms with van der Waals surface area (Å²) in [6, 6.07) is 3.81. The molecule has 1 aromatic carbocycles. The van der Waals surface area contributed by atoms with Crippen LogP contribution >= 0.6 is 0 Å². The number of halogens is 3. The van der Waals surface area contributed by atoms with Gasteiger partial charge in [0.25, 0.3) is 0 Å². The lowest BCUT2D eigenvalue weighted by Crippen LogP contribution is -2.22. The first-order chi connectivity index (χ1) is 12.6. The Morgan fingerprint density at radius 1 is 1.22 bits per heavy atom. The van der Waals surface area contributed by atoms with E-state index in [1.54, 1.807) is 0 Å². The van der Waals surface area contributed by atoms with Crippen LogP contribution in [-0.2, 0) is 6.18 Å². The highest BCUT2D eigenvalue weighted by molar-refractivity contribution is 5.71. The molecule has 0 spiro atoms. The summed E-state index contributed by atoms with van der Waals surface area (Å²) in [5, 5.41) is 34.0. The summed E-state index contributed by atoms with van der Waals surface area (Å²) in [5.41, 5.74) is -4.35. The van der Waals surface area contributed by atoms with Gasteiger partial charge in [0.15, 0.2) is 11.4 Å². The van der Waals surface area contributed by atoms with Gasteiger partial charge in [0, 0.05) is 23.9 Å². The highest BCUT2D eigenvalue weighted by Gasteiger charge is 2.37. The standard InChI is InChI=1S/C15H9F3N4O5/c16-15(17,18)14-12(10(23)2-3-19-14)21-8(1-4-20-21)7-5-9(22(26)27)13(25)11(24)6-7/h1-6,24-25H,(H,19,23). The number of H-pyrrole nitrogens is 1. The molecule has 3 N–H and O–H groups in total. The fraction of sp³-hybridized carbons (Fsp3) is 0.0667. The Bertz CT molecular complexity index is 1100. The monoisotopic (exact) mass is 382 g/mol. The van der Waals surface area contributed by atoms with Gasteiger partial charge >= 0.3 is 11.9 Å². The fourth-order valence-electron chi connectivity index (χ4n) is 2.49.